The SMILES string of the molecule is C=N.Cc1ccc2c(c1)Cc1cccc(-c3ccccc3)c1-2.NC(C1=CC(c2ccccc2)=CCC1)c1cccc2sc3ccccc3c12. The lowest BCUT2D eigenvalue weighted by atomic mass is 9.87. The Kier molecular flexibility index (Phi) is 9.47. The molecular formula is C46H40N2S. The van der Waals surface area contributed by atoms with Crippen molar-refractivity contribution in [2.75, 3.05) is 0 Å². The van der Waals surface area contributed by atoms with E-state index in [4.69, 9.17) is 11.1 Å². The molecule has 9 rings (SSSR count). The third-order valence-corrected chi connectivity index (χ3v) is 10.7. The van der Waals surface area contributed by atoms with Crippen molar-refractivity contribution in [3.63, 3.8) is 0 Å². The molecule has 1 atom stereocenters. The zero-order valence-corrected chi connectivity index (χ0v) is 28.6. The average molecular weight is 653 g/mol. The van der Waals surface area contributed by atoms with Crippen molar-refractivity contribution in [1.82, 2.24) is 0 Å². The Morgan fingerprint density at radius 3 is 2.16 bits per heavy atom. The lowest BCUT2D eigenvalue weighted by molar-refractivity contribution is 0.777. The van der Waals surface area contributed by atoms with Crippen LogP contribution >= 0.6 is 11.3 Å². The average Bonchev–Trinajstić information content (AvgIpc) is 3.74. The lowest BCUT2D eigenvalue weighted by Crippen LogP contribution is -2.15. The summed E-state index contributed by atoms with van der Waals surface area (Å²) in [5, 5.41) is 8.14. The van der Waals surface area contributed by atoms with Crippen LogP contribution in [0.15, 0.2) is 157 Å². The van der Waals surface area contributed by atoms with Gasteiger partial charge in [0.05, 0.1) is 6.04 Å². The number of benzene rings is 6. The molecule has 0 saturated heterocycles. The molecule has 2 aliphatic rings. The largest absolute Gasteiger partial charge is 0.321 e. The summed E-state index contributed by atoms with van der Waals surface area (Å²) in [6.45, 7) is 4.67. The summed E-state index contributed by atoms with van der Waals surface area (Å²) in [5.41, 5.74) is 21.7. The number of thiophene rings is 1. The van der Waals surface area contributed by atoms with Crippen LogP contribution in [0.2, 0.25) is 0 Å². The van der Waals surface area contributed by atoms with Crippen LogP contribution in [0.1, 0.15) is 46.7 Å². The van der Waals surface area contributed by atoms with E-state index in [1.165, 1.54) is 81.4 Å². The van der Waals surface area contributed by atoms with Crippen molar-refractivity contribution in [2.45, 2.75) is 32.2 Å². The third-order valence-electron chi connectivity index (χ3n) is 9.56. The molecule has 2 aliphatic carbocycles. The standard InChI is InChI=1S/C25H21NS.C20H16.CH3N/c26-25(19-11-6-10-18(16-19)17-8-2-1-3-9-17)21-13-7-15-23-24(21)20-12-4-5-14-22(20)27-23;1-14-10-11-19-17(12-14)13-16-8-5-9-18(20(16)19)15-6-3-2-4-7-15;1-2/h1-5,7-10,12-16,25H,6,11,26H2;2-12H,13H2,1H3;2H,1H2. The smallest absolute Gasteiger partial charge is 0.0521 e. The second-order valence-electron chi connectivity index (χ2n) is 12.6. The summed E-state index contributed by atoms with van der Waals surface area (Å²) in [7, 11) is 0. The number of hydrogen-bond acceptors (Lipinski definition) is 3. The molecule has 0 saturated carbocycles. The zero-order chi connectivity index (χ0) is 33.7. The zero-order valence-electron chi connectivity index (χ0n) is 27.8. The first-order valence-electron chi connectivity index (χ1n) is 16.9. The maximum atomic E-state index is 6.84. The lowest BCUT2D eigenvalue weighted by Gasteiger charge is -2.21. The number of fused-ring (bicyclic) bond motifs is 6. The van der Waals surface area contributed by atoms with Gasteiger partial charge in [-0.2, -0.15) is 0 Å². The van der Waals surface area contributed by atoms with Gasteiger partial charge in [0.15, 0.2) is 0 Å². The highest BCUT2D eigenvalue weighted by Crippen LogP contribution is 2.43. The molecule has 0 amide bonds. The van der Waals surface area contributed by atoms with Gasteiger partial charge in [-0.25, -0.2) is 0 Å². The van der Waals surface area contributed by atoms with Gasteiger partial charge in [0.2, 0.25) is 0 Å². The summed E-state index contributed by atoms with van der Waals surface area (Å²) < 4.78 is 2.65. The Balaban J connectivity index is 0.000000153. The van der Waals surface area contributed by atoms with Crippen LogP contribution in [-0.4, -0.2) is 6.72 Å². The molecule has 0 radical (unpaired) electrons. The summed E-state index contributed by atoms with van der Waals surface area (Å²) >= 11 is 1.85. The highest BCUT2D eigenvalue weighted by Gasteiger charge is 2.22. The van der Waals surface area contributed by atoms with Crippen molar-refractivity contribution in [2.24, 2.45) is 5.73 Å². The number of allylic oxidation sites excluding steroid dienone is 3. The van der Waals surface area contributed by atoms with Crippen molar-refractivity contribution < 1.29 is 0 Å². The molecule has 3 heteroatoms. The topological polar surface area (TPSA) is 49.9 Å². The van der Waals surface area contributed by atoms with Gasteiger partial charge in [0.1, 0.15) is 0 Å². The normalized spacial score (nSPS) is 13.6. The first-order chi connectivity index (χ1) is 24.1. The highest BCUT2D eigenvalue weighted by atomic mass is 32.1. The maximum absolute atomic E-state index is 6.84. The number of nitrogens with two attached hydrogens (primary N) is 1. The fourth-order valence-electron chi connectivity index (χ4n) is 7.30. The molecular weight excluding hydrogens is 613 g/mol. The van der Waals surface area contributed by atoms with Crippen LogP contribution in [0.3, 0.4) is 0 Å². The van der Waals surface area contributed by atoms with Crippen LogP contribution in [0.4, 0.5) is 0 Å². The second-order valence-corrected chi connectivity index (χ2v) is 13.7. The van der Waals surface area contributed by atoms with Crippen LogP contribution in [-0.2, 0) is 6.42 Å². The Morgan fingerprint density at radius 2 is 1.37 bits per heavy atom. The predicted octanol–water partition coefficient (Wildman–Crippen LogP) is 12.4. The van der Waals surface area contributed by atoms with Crippen molar-refractivity contribution >= 4 is 43.8 Å². The minimum atomic E-state index is -0.0703. The van der Waals surface area contributed by atoms with E-state index in [1.807, 2.05) is 11.3 Å². The van der Waals surface area contributed by atoms with Gasteiger partial charge >= 0.3 is 0 Å². The van der Waals surface area contributed by atoms with E-state index in [1.54, 1.807) is 0 Å². The third kappa shape index (κ3) is 6.44. The van der Waals surface area contributed by atoms with E-state index in [9.17, 15) is 0 Å². The van der Waals surface area contributed by atoms with Gasteiger partial charge in [-0.15, -0.1) is 11.3 Å². The quantitative estimate of drug-likeness (QED) is 0.183. The monoisotopic (exact) mass is 652 g/mol. The first kappa shape index (κ1) is 32.2. The molecule has 0 aliphatic heterocycles. The van der Waals surface area contributed by atoms with E-state index >= 15 is 0 Å². The first-order valence-corrected chi connectivity index (χ1v) is 17.7. The number of hydrogen-bond donors (Lipinski definition) is 2. The fourth-order valence-corrected chi connectivity index (χ4v) is 8.44. The van der Waals surface area contributed by atoms with Gasteiger partial charge in [-0.3, -0.25) is 0 Å². The molecule has 240 valence electrons. The van der Waals surface area contributed by atoms with Crippen LogP contribution in [0, 0.1) is 12.3 Å². The molecule has 2 nitrogen and oxygen atoms in total. The summed E-state index contributed by atoms with van der Waals surface area (Å²) in [6.07, 6.45) is 7.76. The van der Waals surface area contributed by atoms with E-state index in [0.717, 1.165) is 19.3 Å². The Labute approximate surface area is 293 Å². The number of nitrogens with one attached hydrogen (secondary N) is 1. The molecule has 0 fully saturated rings. The molecule has 0 bridgehead atoms. The summed E-state index contributed by atoms with van der Waals surface area (Å²) in [5.74, 6) is 0. The minimum Gasteiger partial charge on any atom is -0.321 e. The second kappa shape index (κ2) is 14.4. The molecule has 3 N–H and O–H groups in total. The van der Waals surface area contributed by atoms with Gasteiger partial charge in [-0.05, 0) is 101 Å². The van der Waals surface area contributed by atoms with E-state index in [2.05, 4.69) is 165 Å². The number of aryl methyl sites for hydroxylation is 1. The van der Waals surface area contributed by atoms with E-state index < -0.39 is 0 Å². The summed E-state index contributed by atoms with van der Waals surface area (Å²) in [4.78, 5) is 0. The maximum Gasteiger partial charge on any atom is 0.0521 e. The molecule has 6 aromatic carbocycles. The van der Waals surface area contributed by atoms with E-state index in [-0.39, 0.29) is 6.04 Å². The fraction of sp³-hybridized carbons (Fsp3) is 0.109. The molecule has 7 aromatic rings. The molecule has 1 unspecified atom stereocenters. The van der Waals surface area contributed by atoms with Gasteiger partial charge in [0.25, 0.3) is 0 Å². The highest BCUT2D eigenvalue weighted by molar-refractivity contribution is 7.25. The predicted molar refractivity (Wildman–Crippen MR) is 213 cm³/mol. The van der Waals surface area contributed by atoms with Crippen LogP contribution < -0.4 is 5.73 Å². The summed E-state index contributed by atoms with van der Waals surface area (Å²) in [6, 6.07) is 49.9. The molecule has 0 spiro atoms. The van der Waals surface area contributed by atoms with Gasteiger partial charge < -0.3 is 11.1 Å². The van der Waals surface area contributed by atoms with Crippen LogP contribution in [0.5, 0.6) is 0 Å². The van der Waals surface area contributed by atoms with E-state index in [0.29, 0.717) is 0 Å². The van der Waals surface area contributed by atoms with Gasteiger partial charge in [0, 0.05) is 20.2 Å². The Morgan fingerprint density at radius 1 is 0.673 bits per heavy atom. The molecule has 1 aromatic heterocycles. The minimum absolute atomic E-state index is 0.0703. The van der Waals surface area contributed by atoms with Crippen molar-refractivity contribution in [1.29, 1.82) is 5.41 Å². The van der Waals surface area contributed by atoms with Crippen molar-refractivity contribution in [3.8, 4) is 22.3 Å². The Hall–Kier alpha value is -5.35. The molecule has 1 heterocycles. The van der Waals surface area contributed by atoms with Crippen molar-refractivity contribution in [3.05, 3.63) is 185 Å². The molecule has 49 heavy (non-hydrogen) atoms. The van der Waals surface area contributed by atoms with Crippen LogP contribution in [0.25, 0.3) is 48.0 Å². The number of rotatable bonds is 4. The van der Waals surface area contributed by atoms with Gasteiger partial charge in [-0.1, -0.05) is 145 Å². The Bertz CT molecular complexity index is 2310.